The molecule has 1 saturated heterocycles. The quantitative estimate of drug-likeness (QED) is 0.895. The van der Waals surface area contributed by atoms with Gasteiger partial charge in [-0.3, -0.25) is 9.78 Å². The molecule has 0 radical (unpaired) electrons. The molecule has 2 heterocycles. The average molecular weight is 367 g/mol. The number of nitrogens with zero attached hydrogens (tertiary/aromatic N) is 4. The Labute approximate surface area is 159 Å². The van der Waals surface area contributed by atoms with E-state index in [1.54, 1.807) is 37.5 Å². The maximum Gasteiger partial charge on any atom is 0.317 e. The molecule has 7 nitrogen and oxygen atoms in total. The Morgan fingerprint density at radius 3 is 2.44 bits per heavy atom. The highest BCUT2D eigenvalue weighted by Gasteiger charge is 2.21. The Morgan fingerprint density at radius 1 is 1.07 bits per heavy atom. The largest absolute Gasteiger partial charge is 0.368 e. The fraction of sp³-hybridized carbons (Fsp3) is 0.350. The molecule has 1 aliphatic heterocycles. The number of rotatable bonds is 4. The molecule has 7 heteroatoms. The minimum Gasteiger partial charge on any atom is -0.368 e. The van der Waals surface area contributed by atoms with Crippen molar-refractivity contribution in [3.05, 3.63) is 59.9 Å². The van der Waals surface area contributed by atoms with Gasteiger partial charge in [-0.25, -0.2) is 4.79 Å². The number of benzene rings is 1. The Bertz CT molecular complexity index is 786. The lowest BCUT2D eigenvalue weighted by Crippen LogP contribution is -2.51. The first-order valence-electron chi connectivity index (χ1n) is 9.03. The first-order valence-corrected chi connectivity index (χ1v) is 9.03. The van der Waals surface area contributed by atoms with E-state index in [2.05, 4.69) is 15.2 Å². The summed E-state index contributed by atoms with van der Waals surface area (Å²) in [5.74, 6) is -0.0459. The maximum absolute atomic E-state index is 12.5. The van der Waals surface area contributed by atoms with Gasteiger partial charge in [0.2, 0.25) is 0 Å². The van der Waals surface area contributed by atoms with Crippen molar-refractivity contribution < 1.29 is 9.59 Å². The van der Waals surface area contributed by atoms with Crippen LogP contribution in [-0.4, -0.2) is 67.0 Å². The molecule has 1 N–H and O–H groups in total. The van der Waals surface area contributed by atoms with Crippen LogP contribution >= 0.6 is 0 Å². The number of carbonyl (C=O) groups excluding carboxylic acids is 2. The molecule has 27 heavy (non-hydrogen) atoms. The minimum atomic E-state index is -0.0753. The normalized spacial score (nSPS) is 14.0. The van der Waals surface area contributed by atoms with Gasteiger partial charge in [0.15, 0.2) is 0 Å². The molecule has 1 aliphatic rings. The van der Waals surface area contributed by atoms with E-state index in [-0.39, 0.29) is 11.9 Å². The smallest absolute Gasteiger partial charge is 0.317 e. The zero-order valence-corrected chi connectivity index (χ0v) is 15.8. The molecule has 1 aromatic heterocycles. The van der Waals surface area contributed by atoms with Crippen LogP contribution < -0.4 is 10.2 Å². The third-order valence-corrected chi connectivity index (χ3v) is 4.62. The van der Waals surface area contributed by atoms with Crippen molar-refractivity contribution in [1.29, 1.82) is 0 Å². The van der Waals surface area contributed by atoms with Crippen molar-refractivity contribution in [2.24, 2.45) is 0 Å². The zero-order chi connectivity index (χ0) is 19.2. The molecule has 1 fully saturated rings. The standard InChI is InChI=1S/C20H25N5O2/c1-23(2)19(26)17-5-3-4-16(14-17)15-22-20(27)25-12-10-24(11-13-25)18-6-8-21-9-7-18/h3-9,14H,10-13,15H2,1-2H3,(H,22,27). The molecule has 0 saturated carbocycles. The van der Waals surface area contributed by atoms with Gasteiger partial charge >= 0.3 is 6.03 Å². The van der Waals surface area contributed by atoms with Gasteiger partial charge < -0.3 is 20.0 Å². The van der Waals surface area contributed by atoms with Gasteiger partial charge in [-0.2, -0.15) is 0 Å². The summed E-state index contributed by atoms with van der Waals surface area (Å²) >= 11 is 0. The van der Waals surface area contributed by atoms with Crippen LogP contribution in [0.2, 0.25) is 0 Å². The monoisotopic (exact) mass is 367 g/mol. The van der Waals surface area contributed by atoms with E-state index in [1.165, 1.54) is 0 Å². The summed E-state index contributed by atoms with van der Waals surface area (Å²) in [7, 11) is 3.45. The second-order valence-corrected chi connectivity index (χ2v) is 6.74. The average Bonchev–Trinajstić information content (AvgIpc) is 2.72. The van der Waals surface area contributed by atoms with Crippen molar-refractivity contribution in [1.82, 2.24) is 20.1 Å². The summed E-state index contributed by atoms with van der Waals surface area (Å²) in [6.07, 6.45) is 3.56. The molecular weight excluding hydrogens is 342 g/mol. The van der Waals surface area contributed by atoms with Gasteiger partial charge in [0.1, 0.15) is 0 Å². The van der Waals surface area contributed by atoms with Crippen molar-refractivity contribution in [2.45, 2.75) is 6.54 Å². The van der Waals surface area contributed by atoms with Crippen LogP contribution in [0.15, 0.2) is 48.8 Å². The van der Waals surface area contributed by atoms with Crippen molar-refractivity contribution >= 4 is 17.6 Å². The summed E-state index contributed by atoms with van der Waals surface area (Å²) in [5.41, 5.74) is 2.66. The number of amides is 3. The highest BCUT2D eigenvalue weighted by molar-refractivity contribution is 5.94. The van der Waals surface area contributed by atoms with Crippen molar-refractivity contribution in [3.8, 4) is 0 Å². The predicted molar refractivity (Wildman–Crippen MR) is 105 cm³/mol. The summed E-state index contributed by atoms with van der Waals surface area (Å²) in [6, 6.07) is 11.2. The number of urea groups is 1. The van der Waals surface area contributed by atoms with Crippen molar-refractivity contribution in [3.63, 3.8) is 0 Å². The van der Waals surface area contributed by atoms with E-state index >= 15 is 0 Å². The molecule has 0 bridgehead atoms. The lowest BCUT2D eigenvalue weighted by molar-refractivity contribution is 0.0827. The van der Waals surface area contributed by atoms with E-state index in [1.807, 2.05) is 35.2 Å². The van der Waals surface area contributed by atoms with E-state index in [0.717, 1.165) is 24.3 Å². The molecule has 2 aromatic rings. The highest BCUT2D eigenvalue weighted by Crippen LogP contribution is 2.15. The number of anilines is 1. The van der Waals surface area contributed by atoms with Gasteiger partial charge in [0.05, 0.1) is 0 Å². The molecule has 0 atom stereocenters. The number of hydrogen-bond acceptors (Lipinski definition) is 4. The van der Waals surface area contributed by atoms with Crippen LogP contribution in [0.3, 0.4) is 0 Å². The molecule has 0 spiro atoms. The number of aromatic nitrogens is 1. The van der Waals surface area contributed by atoms with Gasteiger partial charge in [-0.15, -0.1) is 0 Å². The molecule has 1 aromatic carbocycles. The SMILES string of the molecule is CN(C)C(=O)c1cccc(CNC(=O)N2CCN(c3ccncc3)CC2)c1. The minimum absolute atomic E-state index is 0.0459. The van der Waals surface area contributed by atoms with Crippen LogP contribution in [0.4, 0.5) is 10.5 Å². The molecule has 0 aliphatic carbocycles. The van der Waals surface area contributed by atoms with Gasteiger partial charge in [0.25, 0.3) is 5.91 Å². The van der Waals surface area contributed by atoms with Gasteiger partial charge in [-0.05, 0) is 29.8 Å². The highest BCUT2D eigenvalue weighted by atomic mass is 16.2. The molecule has 0 unspecified atom stereocenters. The van der Waals surface area contributed by atoms with Crippen LogP contribution in [0.1, 0.15) is 15.9 Å². The van der Waals surface area contributed by atoms with E-state index in [9.17, 15) is 9.59 Å². The summed E-state index contributed by atoms with van der Waals surface area (Å²) < 4.78 is 0. The Kier molecular flexibility index (Phi) is 5.90. The third kappa shape index (κ3) is 4.75. The molecule has 3 amide bonds. The lowest BCUT2D eigenvalue weighted by atomic mass is 10.1. The van der Waals surface area contributed by atoms with Gasteiger partial charge in [-0.1, -0.05) is 12.1 Å². The number of pyridine rings is 1. The second-order valence-electron chi connectivity index (χ2n) is 6.74. The van der Waals surface area contributed by atoms with Crippen LogP contribution in [0.25, 0.3) is 0 Å². The Morgan fingerprint density at radius 2 is 1.78 bits per heavy atom. The molecular formula is C20H25N5O2. The first-order chi connectivity index (χ1) is 13.0. The predicted octanol–water partition coefficient (Wildman–Crippen LogP) is 1.82. The molecule has 3 rings (SSSR count). The first kappa shape index (κ1) is 18.7. The van der Waals surface area contributed by atoms with Crippen LogP contribution in [0, 0.1) is 0 Å². The number of piperazine rings is 1. The fourth-order valence-electron chi connectivity index (χ4n) is 3.08. The third-order valence-electron chi connectivity index (χ3n) is 4.62. The van der Waals surface area contributed by atoms with E-state index in [0.29, 0.717) is 25.2 Å². The number of hydrogen-bond donors (Lipinski definition) is 1. The van der Waals surface area contributed by atoms with Crippen LogP contribution in [-0.2, 0) is 6.54 Å². The second kappa shape index (κ2) is 8.53. The van der Waals surface area contributed by atoms with Crippen molar-refractivity contribution in [2.75, 3.05) is 45.2 Å². The van der Waals surface area contributed by atoms with Gasteiger partial charge in [0, 0.05) is 70.5 Å². The zero-order valence-electron chi connectivity index (χ0n) is 15.8. The number of carbonyl (C=O) groups is 2. The van der Waals surface area contributed by atoms with Crippen LogP contribution in [0.5, 0.6) is 0 Å². The lowest BCUT2D eigenvalue weighted by Gasteiger charge is -2.36. The van der Waals surface area contributed by atoms with E-state index in [4.69, 9.17) is 0 Å². The Hall–Kier alpha value is -3.09. The summed E-state index contributed by atoms with van der Waals surface area (Å²) in [5, 5.41) is 2.95. The number of nitrogens with one attached hydrogen (secondary N) is 1. The fourth-order valence-corrected chi connectivity index (χ4v) is 3.08. The molecule has 142 valence electrons. The maximum atomic E-state index is 12.5. The summed E-state index contributed by atoms with van der Waals surface area (Å²) in [6.45, 7) is 3.34. The van der Waals surface area contributed by atoms with E-state index < -0.39 is 0 Å². The topological polar surface area (TPSA) is 68.8 Å². The summed E-state index contributed by atoms with van der Waals surface area (Å²) in [4.78, 5) is 34.2. The Balaban J connectivity index is 1.50.